The first-order valence-corrected chi connectivity index (χ1v) is 7.78. The largest absolute Gasteiger partial charge is 0.480 e. The molecule has 17 heavy (non-hydrogen) atoms. The van der Waals surface area contributed by atoms with Crippen molar-refractivity contribution in [2.24, 2.45) is 0 Å². The summed E-state index contributed by atoms with van der Waals surface area (Å²) in [5.41, 5.74) is 0. The molecule has 0 spiro atoms. The van der Waals surface area contributed by atoms with Crippen LogP contribution in [-0.4, -0.2) is 38.4 Å². The van der Waals surface area contributed by atoms with Crippen LogP contribution in [0, 0.1) is 0 Å². The highest BCUT2D eigenvalue weighted by atomic mass is 32.2. The maximum absolute atomic E-state index is 11.9. The lowest BCUT2D eigenvalue weighted by Gasteiger charge is -2.20. The summed E-state index contributed by atoms with van der Waals surface area (Å²) in [5, 5.41) is 12.3. The Hall–Kier alpha value is -0.420. The van der Waals surface area contributed by atoms with E-state index in [4.69, 9.17) is 5.11 Å². The minimum absolute atomic E-state index is 0.0715. The molecule has 1 rings (SSSR count). The Bertz CT molecular complexity index is 277. The van der Waals surface area contributed by atoms with Crippen molar-refractivity contribution in [3.8, 4) is 0 Å². The molecule has 1 aliphatic rings. The summed E-state index contributed by atoms with van der Waals surface area (Å²) in [7, 11) is -1.06. The van der Waals surface area contributed by atoms with Crippen molar-refractivity contribution in [1.29, 1.82) is 0 Å². The van der Waals surface area contributed by atoms with Gasteiger partial charge in [0.05, 0.1) is 0 Å². The monoisotopic (exact) mass is 261 g/mol. The summed E-state index contributed by atoms with van der Waals surface area (Å²) < 4.78 is 11.9. The van der Waals surface area contributed by atoms with Crippen molar-refractivity contribution in [2.75, 3.05) is 5.75 Å². The normalized spacial score (nSPS) is 22.2. The topological polar surface area (TPSA) is 66.4 Å². The lowest BCUT2D eigenvalue weighted by atomic mass is 10.2. The number of aliphatic carboxylic acids is 1. The van der Waals surface area contributed by atoms with Gasteiger partial charge in [-0.2, -0.15) is 0 Å². The third-order valence-electron chi connectivity index (χ3n) is 3.44. The molecule has 1 aliphatic carbocycles. The van der Waals surface area contributed by atoms with Crippen molar-refractivity contribution >= 4 is 16.8 Å². The zero-order chi connectivity index (χ0) is 12.8. The fourth-order valence-corrected chi connectivity index (χ4v) is 3.35. The molecule has 0 saturated heterocycles. The number of rotatable bonds is 7. The second-order valence-electron chi connectivity index (χ2n) is 4.81. The van der Waals surface area contributed by atoms with Crippen molar-refractivity contribution in [3.05, 3.63) is 0 Å². The first-order valence-electron chi connectivity index (χ1n) is 6.40. The van der Waals surface area contributed by atoms with Crippen LogP contribution in [-0.2, 0) is 15.6 Å². The van der Waals surface area contributed by atoms with E-state index in [9.17, 15) is 9.00 Å². The van der Waals surface area contributed by atoms with Gasteiger partial charge in [0, 0.05) is 27.8 Å². The molecule has 0 aromatic carbocycles. The van der Waals surface area contributed by atoms with Crippen LogP contribution in [0.1, 0.15) is 46.0 Å². The molecule has 4 nitrogen and oxygen atoms in total. The number of carboxylic acids is 1. The first kappa shape index (κ1) is 14.6. The Morgan fingerprint density at radius 2 is 2.06 bits per heavy atom. The lowest BCUT2D eigenvalue weighted by molar-refractivity contribution is -0.139. The quantitative estimate of drug-likeness (QED) is 0.729. The second-order valence-corrected chi connectivity index (χ2v) is 6.70. The molecule has 1 saturated carbocycles. The van der Waals surface area contributed by atoms with E-state index >= 15 is 0 Å². The Kier molecular flexibility index (Phi) is 6.12. The van der Waals surface area contributed by atoms with Crippen molar-refractivity contribution in [1.82, 2.24) is 5.32 Å². The summed E-state index contributed by atoms with van der Waals surface area (Å²) in [5.74, 6) is -0.658. The van der Waals surface area contributed by atoms with Crippen LogP contribution in [0.5, 0.6) is 0 Å². The van der Waals surface area contributed by atoms with Gasteiger partial charge in [-0.15, -0.1) is 0 Å². The maximum Gasteiger partial charge on any atom is 0.321 e. The van der Waals surface area contributed by atoms with E-state index in [-0.39, 0.29) is 11.0 Å². The Morgan fingerprint density at radius 1 is 1.47 bits per heavy atom. The third-order valence-corrected chi connectivity index (χ3v) is 5.34. The van der Waals surface area contributed by atoms with Gasteiger partial charge >= 0.3 is 5.97 Å². The van der Waals surface area contributed by atoms with Gasteiger partial charge in [-0.3, -0.25) is 9.00 Å². The molecule has 0 bridgehead atoms. The molecule has 0 aromatic heterocycles. The van der Waals surface area contributed by atoms with Gasteiger partial charge in [-0.1, -0.05) is 26.7 Å². The van der Waals surface area contributed by atoms with Crippen molar-refractivity contribution < 1.29 is 14.1 Å². The van der Waals surface area contributed by atoms with E-state index in [1.54, 1.807) is 0 Å². The van der Waals surface area contributed by atoms with E-state index in [0.717, 1.165) is 19.3 Å². The zero-order valence-corrected chi connectivity index (χ0v) is 11.5. The fraction of sp³-hybridized carbons (Fsp3) is 0.917. The molecular formula is C12H23NO3S. The maximum atomic E-state index is 11.9. The van der Waals surface area contributed by atoms with E-state index in [2.05, 4.69) is 5.32 Å². The Morgan fingerprint density at radius 3 is 2.53 bits per heavy atom. The fourth-order valence-electron chi connectivity index (χ4n) is 2.08. The van der Waals surface area contributed by atoms with Crippen LogP contribution < -0.4 is 5.32 Å². The summed E-state index contributed by atoms with van der Waals surface area (Å²) in [6.45, 7) is 3.88. The second kappa shape index (κ2) is 7.11. The molecule has 0 radical (unpaired) electrons. The van der Waals surface area contributed by atoms with Gasteiger partial charge in [0.1, 0.15) is 6.04 Å². The molecule has 1 fully saturated rings. The van der Waals surface area contributed by atoms with Crippen molar-refractivity contribution in [3.63, 3.8) is 0 Å². The van der Waals surface area contributed by atoms with Crippen LogP contribution in [0.4, 0.5) is 0 Å². The van der Waals surface area contributed by atoms with Gasteiger partial charge in [0.25, 0.3) is 0 Å². The van der Waals surface area contributed by atoms with E-state index in [1.165, 1.54) is 12.8 Å². The number of nitrogens with one attached hydrogen (secondary N) is 1. The molecular weight excluding hydrogens is 238 g/mol. The Labute approximate surface area is 106 Å². The SMILES string of the molecule is CCC(C)S(=O)C[C@H](NC1CCCC1)C(=O)O. The van der Waals surface area contributed by atoms with Crippen LogP contribution in [0.25, 0.3) is 0 Å². The van der Waals surface area contributed by atoms with Gasteiger partial charge < -0.3 is 10.4 Å². The molecule has 100 valence electrons. The molecule has 0 heterocycles. The summed E-state index contributed by atoms with van der Waals surface area (Å²) >= 11 is 0. The Balaban J connectivity index is 2.47. The molecule has 0 aromatic rings. The highest BCUT2D eigenvalue weighted by molar-refractivity contribution is 7.85. The number of carbonyl (C=O) groups is 1. The minimum atomic E-state index is -1.06. The number of hydrogen-bond donors (Lipinski definition) is 2. The van der Waals surface area contributed by atoms with Crippen LogP contribution in [0.2, 0.25) is 0 Å². The highest BCUT2D eigenvalue weighted by Crippen LogP contribution is 2.18. The van der Waals surface area contributed by atoms with Crippen LogP contribution in [0.3, 0.4) is 0 Å². The molecule has 2 N–H and O–H groups in total. The minimum Gasteiger partial charge on any atom is -0.480 e. The molecule has 3 atom stereocenters. The van der Waals surface area contributed by atoms with Gasteiger partial charge in [-0.25, -0.2) is 0 Å². The lowest BCUT2D eigenvalue weighted by Crippen LogP contribution is -2.46. The smallest absolute Gasteiger partial charge is 0.321 e. The summed E-state index contributed by atoms with van der Waals surface area (Å²) in [4.78, 5) is 11.1. The molecule has 0 aliphatic heterocycles. The average Bonchev–Trinajstić information content (AvgIpc) is 2.79. The summed E-state index contributed by atoms with van der Waals surface area (Å²) in [6, 6.07) is -0.363. The number of carboxylic acid groups (broad SMARTS) is 1. The molecule has 2 unspecified atom stereocenters. The predicted octanol–water partition coefficient (Wildman–Crippen LogP) is 1.52. The van der Waals surface area contributed by atoms with Gasteiger partial charge in [-0.05, 0) is 19.3 Å². The van der Waals surface area contributed by atoms with Gasteiger partial charge in [0.2, 0.25) is 0 Å². The third kappa shape index (κ3) is 4.76. The van der Waals surface area contributed by atoms with Gasteiger partial charge in [0.15, 0.2) is 0 Å². The molecule has 0 amide bonds. The van der Waals surface area contributed by atoms with Crippen LogP contribution in [0.15, 0.2) is 0 Å². The first-order chi connectivity index (χ1) is 8.04. The van der Waals surface area contributed by atoms with Crippen molar-refractivity contribution in [2.45, 2.75) is 63.3 Å². The average molecular weight is 261 g/mol. The van der Waals surface area contributed by atoms with E-state index in [1.807, 2.05) is 13.8 Å². The van der Waals surface area contributed by atoms with E-state index < -0.39 is 22.8 Å². The number of hydrogen-bond acceptors (Lipinski definition) is 3. The zero-order valence-electron chi connectivity index (χ0n) is 10.6. The van der Waals surface area contributed by atoms with Crippen LogP contribution >= 0.6 is 0 Å². The van der Waals surface area contributed by atoms with E-state index in [0.29, 0.717) is 6.04 Å². The molecule has 5 heteroatoms. The highest BCUT2D eigenvalue weighted by Gasteiger charge is 2.26. The predicted molar refractivity (Wildman–Crippen MR) is 69.6 cm³/mol. The summed E-state index contributed by atoms with van der Waals surface area (Å²) in [6.07, 6.45) is 5.23. The standard InChI is InChI=1S/C12H23NO3S/c1-3-9(2)17(16)8-11(12(14)15)13-10-6-4-5-7-10/h9-11,13H,3-8H2,1-2H3,(H,14,15)/t9?,11-,17?/m0/s1.